The zero-order chi connectivity index (χ0) is 9.61. The fourth-order valence-electron chi connectivity index (χ4n) is 0.608. The molecule has 0 radical (unpaired) electrons. The summed E-state index contributed by atoms with van der Waals surface area (Å²) in [5, 5.41) is 0. The predicted molar refractivity (Wildman–Crippen MR) is 47.6 cm³/mol. The zero-order valence-corrected chi connectivity index (χ0v) is 7.76. The van der Waals surface area contributed by atoms with Gasteiger partial charge >= 0.3 is 6.09 Å². The van der Waals surface area contributed by atoms with Crippen molar-refractivity contribution in [1.82, 2.24) is 0 Å². The molecule has 0 saturated heterocycles. The molecule has 0 aromatic heterocycles. The van der Waals surface area contributed by atoms with Crippen molar-refractivity contribution in [3.8, 4) is 0 Å². The monoisotopic (exact) mass is 169 g/mol. The van der Waals surface area contributed by atoms with E-state index in [1.165, 1.54) is 0 Å². The normalized spacial score (nSPS) is 9.92. The van der Waals surface area contributed by atoms with Crippen molar-refractivity contribution < 1.29 is 9.53 Å². The lowest BCUT2D eigenvalue weighted by Gasteiger charge is -2.17. The van der Waals surface area contributed by atoms with Gasteiger partial charge in [0.25, 0.3) is 0 Å². The summed E-state index contributed by atoms with van der Waals surface area (Å²) in [5.74, 6) is 0. The molecule has 0 fully saturated rings. The SMILES string of the molecule is CC=C=CC(C)(C)COC(N)=O. The summed E-state index contributed by atoms with van der Waals surface area (Å²) in [6.45, 7) is 6.03. The Morgan fingerprint density at radius 2 is 2.25 bits per heavy atom. The van der Waals surface area contributed by atoms with Crippen molar-refractivity contribution in [3.05, 3.63) is 17.9 Å². The van der Waals surface area contributed by atoms with Gasteiger partial charge in [-0.05, 0) is 19.1 Å². The molecule has 0 aromatic rings. The molecule has 0 unspecified atom stereocenters. The van der Waals surface area contributed by atoms with Gasteiger partial charge in [-0.1, -0.05) is 13.8 Å². The maximum absolute atomic E-state index is 10.3. The molecule has 0 aromatic carbocycles. The van der Waals surface area contributed by atoms with E-state index in [0.29, 0.717) is 0 Å². The van der Waals surface area contributed by atoms with Crippen molar-refractivity contribution in [2.24, 2.45) is 11.1 Å². The first-order valence-electron chi connectivity index (χ1n) is 3.78. The van der Waals surface area contributed by atoms with Gasteiger partial charge in [0.05, 0.1) is 0 Å². The summed E-state index contributed by atoms with van der Waals surface area (Å²) >= 11 is 0. The molecule has 1 amide bonds. The van der Waals surface area contributed by atoms with Crippen LogP contribution in [0.1, 0.15) is 20.8 Å². The molecule has 0 aliphatic carbocycles. The van der Waals surface area contributed by atoms with Crippen LogP contribution < -0.4 is 5.73 Å². The first-order chi connectivity index (χ1) is 5.48. The highest BCUT2D eigenvalue weighted by molar-refractivity contribution is 5.64. The lowest BCUT2D eigenvalue weighted by Crippen LogP contribution is -2.22. The molecule has 3 nitrogen and oxygen atoms in total. The first kappa shape index (κ1) is 10.8. The summed E-state index contributed by atoms with van der Waals surface area (Å²) in [6.07, 6.45) is 2.90. The average Bonchev–Trinajstić information content (AvgIpc) is 1.98. The van der Waals surface area contributed by atoms with E-state index < -0.39 is 6.09 Å². The summed E-state index contributed by atoms with van der Waals surface area (Å²) in [4.78, 5) is 10.3. The number of rotatable bonds is 3. The van der Waals surface area contributed by atoms with E-state index >= 15 is 0 Å². The summed E-state index contributed by atoms with van der Waals surface area (Å²) in [5.41, 5.74) is 7.55. The maximum Gasteiger partial charge on any atom is 0.404 e. The highest BCUT2D eigenvalue weighted by Crippen LogP contribution is 2.16. The fraction of sp³-hybridized carbons (Fsp3) is 0.556. The van der Waals surface area contributed by atoms with Gasteiger partial charge in [0, 0.05) is 5.41 Å². The minimum atomic E-state index is -0.739. The molecule has 0 bridgehead atoms. The molecule has 3 heteroatoms. The number of hydrogen-bond acceptors (Lipinski definition) is 2. The van der Waals surface area contributed by atoms with Crippen LogP contribution in [0.25, 0.3) is 0 Å². The Balaban J connectivity index is 4.04. The van der Waals surface area contributed by atoms with E-state index in [1.54, 1.807) is 6.08 Å². The minimum absolute atomic E-state index is 0.207. The van der Waals surface area contributed by atoms with E-state index in [1.807, 2.05) is 26.8 Å². The Labute approximate surface area is 72.9 Å². The van der Waals surface area contributed by atoms with Crippen LogP contribution in [0.4, 0.5) is 4.79 Å². The minimum Gasteiger partial charge on any atom is -0.449 e. The lowest BCUT2D eigenvalue weighted by molar-refractivity contribution is 0.125. The molecule has 2 N–H and O–H groups in total. The van der Waals surface area contributed by atoms with Crippen molar-refractivity contribution in [2.75, 3.05) is 6.61 Å². The van der Waals surface area contributed by atoms with Crippen molar-refractivity contribution in [2.45, 2.75) is 20.8 Å². The summed E-state index contributed by atoms with van der Waals surface area (Å²) < 4.78 is 4.66. The number of carbonyl (C=O) groups is 1. The lowest BCUT2D eigenvalue weighted by atomic mass is 9.95. The van der Waals surface area contributed by atoms with Crippen molar-refractivity contribution >= 4 is 6.09 Å². The molecule has 12 heavy (non-hydrogen) atoms. The zero-order valence-electron chi connectivity index (χ0n) is 7.76. The molecule has 0 atom stereocenters. The van der Waals surface area contributed by atoms with Crippen LogP contribution >= 0.6 is 0 Å². The molecule has 0 heterocycles. The number of carbonyl (C=O) groups excluding carboxylic acids is 1. The second kappa shape index (κ2) is 4.62. The molecule has 0 aliphatic heterocycles. The topological polar surface area (TPSA) is 52.3 Å². The highest BCUT2D eigenvalue weighted by atomic mass is 16.5. The van der Waals surface area contributed by atoms with Gasteiger partial charge in [-0.25, -0.2) is 4.79 Å². The number of primary amides is 1. The third-order valence-corrected chi connectivity index (χ3v) is 1.23. The van der Waals surface area contributed by atoms with E-state index in [4.69, 9.17) is 5.73 Å². The van der Waals surface area contributed by atoms with Crippen LogP contribution in [0.5, 0.6) is 0 Å². The van der Waals surface area contributed by atoms with Gasteiger partial charge in [-0.2, -0.15) is 0 Å². The summed E-state index contributed by atoms with van der Waals surface area (Å²) in [7, 11) is 0. The Morgan fingerprint density at radius 1 is 1.67 bits per heavy atom. The molecule has 0 saturated carbocycles. The van der Waals surface area contributed by atoms with Gasteiger partial charge in [-0.3, -0.25) is 0 Å². The molecule has 0 aliphatic rings. The maximum atomic E-state index is 10.3. The van der Waals surface area contributed by atoms with Gasteiger partial charge < -0.3 is 10.5 Å². The number of hydrogen-bond donors (Lipinski definition) is 1. The highest BCUT2D eigenvalue weighted by Gasteiger charge is 2.15. The van der Waals surface area contributed by atoms with Crippen LogP contribution in [-0.4, -0.2) is 12.7 Å². The Hall–Kier alpha value is -1.21. The van der Waals surface area contributed by atoms with E-state index in [9.17, 15) is 4.79 Å². The second-order valence-electron chi connectivity index (χ2n) is 3.20. The third kappa shape index (κ3) is 5.57. The summed E-state index contributed by atoms with van der Waals surface area (Å²) in [6, 6.07) is 0. The van der Waals surface area contributed by atoms with Crippen LogP contribution in [0.15, 0.2) is 17.9 Å². The smallest absolute Gasteiger partial charge is 0.404 e. The Kier molecular flexibility index (Phi) is 4.16. The van der Waals surface area contributed by atoms with Crippen molar-refractivity contribution in [1.29, 1.82) is 0 Å². The average molecular weight is 169 g/mol. The number of ether oxygens (including phenoxy) is 1. The van der Waals surface area contributed by atoms with Gasteiger partial charge in [0.2, 0.25) is 0 Å². The van der Waals surface area contributed by atoms with Crippen molar-refractivity contribution in [3.63, 3.8) is 0 Å². The Bertz CT molecular complexity index is 213. The quantitative estimate of drug-likeness (QED) is 0.655. The molecule has 68 valence electrons. The van der Waals surface area contributed by atoms with E-state index in [2.05, 4.69) is 10.5 Å². The van der Waals surface area contributed by atoms with Crippen LogP contribution in [0, 0.1) is 5.41 Å². The fourth-order valence-corrected chi connectivity index (χ4v) is 0.608. The third-order valence-electron chi connectivity index (χ3n) is 1.23. The number of nitrogens with two attached hydrogens (primary N) is 1. The number of amides is 1. The largest absolute Gasteiger partial charge is 0.449 e. The van der Waals surface area contributed by atoms with Crippen LogP contribution in [0.3, 0.4) is 0 Å². The molecular formula is C9H15NO2. The van der Waals surface area contributed by atoms with Gasteiger partial charge in [0.1, 0.15) is 6.61 Å². The van der Waals surface area contributed by atoms with Gasteiger partial charge in [0.15, 0.2) is 0 Å². The standard InChI is InChI=1S/C9H15NO2/c1-4-5-6-9(2,3)7-12-8(10)11/h4,6H,7H2,1-3H3,(H2,10,11). The van der Waals surface area contributed by atoms with Gasteiger partial charge in [-0.15, -0.1) is 5.73 Å². The first-order valence-corrected chi connectivity index (χ1v) is 3.78. The molecular weight excluding hydrogens is 154 g/mol. The Morgan fingerprint density at radius 3 is 2.67 bits per heavy atom. The van der Waals surface area contributed by atoms with E-state index in [0.717, 1.165) is 0 Å². The van der Waals surface area contributed by atoms with Crippen LogP contribution in [-0.2, 0) is 4.74 Å². The molecule has 0 spiro atoms. The molecule has 0 rings (SSSR count). The predicted octanol–water partition coefficient (Wildman–Crippen LogP) is 1.84. The second-order valence-corrected chi connectivity index (χ2v) is 3.20. The van der Waals surface area contributed by atoms with E-state index in [-0.39, 0.29) is 12.0 Å². The van der Waals surface area contributed by atoms with Crippen LogP contribution in [0.2, 0.25) is 0 Å².